The van der Waals surface area contributed by atoms with Gasteiger partial charge in [0.15, 0.2) is 0 Å². The first-order chi connectivity index (χ1) is 13.2. The third-order valence-corrected chi connectivity index (χ3v) is 4.30. The fourth-order valence-electron chi connectivity index (χ4n) is 2.91. The molecule has 2 aromatic rings. The summed E-state index contributed by atoms with van der Waals surface area (Å²) in [5.41, 5.74) is 1.75. The molecule has 0 bridgehead atoms. The summed E-state index contributed by atoms with van der Waals surface area (Å²) in [7, 11) is 0. The van der Waals surface area contributed by atoms with E-state index in [1.54, 1.807) is 0 Å². The first-order valence-corrected chi connectivity index (χ1v) is 9.23. The lowest BCUT2D eigenvalue weighted by Crippen LogP contribution is -2.53. The predicted octanol–water partition coefficient (Wildman–Crippen LogP) is 2.60. The van der Waals surface area contributed by atoms with Crippen molar-refractivity contribution in [1.29, 1.82) is 0 Å². The molecule has 0 radical (unpaired) electrons. The average Bonchev–Trinajstić information content (AvgIpc) is 2.69. The fourth-order valence-corrected chi connectivity index (χ4v) is 2.91. The van der Waals surface area contributed by atoms with Crippen LogP contribution in [0.15, 0.2) is 54.6 Å². The lowest BCUT2D eigenvalue weighted by Gasteiger charge is -2.29. The standard InChI is InChI=1S/C21H26N2O4/c1-16-20(22-10-11-26-16)21(24)23-18-7-5-6-17(14-18)15-25-12-13-27-19-8-3-2-4-9-19/h2-9,14,16,20,22H,10-13,15H2,1H3,(H,23,24)/t16-,20+/m1/s1. The molecule has 144 valence electrons. The summed E-state index contributed by atoms with van der Waals surface area (Å²) in [5.74, 6) is 0.747. The smallest absolute Gasteiger partial charge is 0.244 e. The van der Waals surface area contributed by atoms with Crippen molar-refractivity contribution in [2.24, 2.45) is 0 Å². The molecule has 0 unspecified atom stereocenters. The van der Waals surface area contributed by atoms with E-state index < -0.39 is 0 Å². The Hall–Kier alpha value is -2.41. The zero-order valence-electron chi connectivity index (χ0n) is 15.5. The molecule has 2 aromatic carbocycles. The van der Waals surface area contributed by atoms with Crippen molar-refractivity contribution in [1.82, 2.24) is 5.32 Å². The van der Waals surface area contributed by atoms with Gasteiger partial charge in [0.05, 0.1) is 25.9 Å². The molecule has 1 amide bonds. The van der Waals surface area contributed by atoms with Crippen LogP contribution in [0.25, 0.3) is 0 Å². The average molecular weight is 370 g/mol. The number of benzene rings is 2. The van der Waals surface area contributed by atoms with Gasteiger partial charge in [-0.3, -0.25) is 4.79 Å². The molecular weight excluding hydrogens is 344 g/mol. The molecule has 0 aliphatic carbocycles. The Balaban J connectivity index is 1.42. The number of carbonyl (C=O) groups excluding carboxylic acids is 1. The summed E-state index contributed by atoms with van der Waals surface area (Å²) in [5, 5.41) is 6.13. The molecule has 2 atom stereocenters. The molecule has 1 heterocycles. The third-order valence-electron chi connectivity index (χ3n) is 4.30. The minimum absolute atomic E-state index is 0.0865. The van der Waals surface area contributed by atoms with E-state index in [0.717, 1.165) is 17.0 Å². The number of amides is 1. The molecule has 27 heavy (non-hydrogen) atoms. The Kier molecular flexibility index (Phi) is 7.21. The first-order valence-electron chi connectivity index (χ1n) is 9.23. The predicted molar refractivity (Wildman–Crippen MR) is 104 cm³/mol. The lowest BCUT2D eigenvalue weighted by atomic mass is 10.1. The minimum Gasteiger partial charge on any atom is -0.491 e. The Bertz CT molecular complexity index is 723. The number of para-hydroxylation sites is 1. The Morgan fingerprint density at radius 3 is 2.85 bits per heavy atom. The molecule has 1 aliphatic heterocycles. The van der Waals surface area contributed by atoms with Gasteiger partial charge in [0, 0.05) is 12.2 Å². The van der Waals surface area contributed by atoms with E-state index in [0.29, 0.717) is 33.0 Å². The summed E-state index contributed by atoms with van der Waals surface area (Å²) >= 11 is 0. The number of hydrogen-bond donors (Lipinski definition) is 2. The molecule has 6 nitrogen and oxygen atoms in total. The van der Waals surface area contributed by atoms with Crippen LogP contribution in [0.3, 0.4) is 0 Å². The molecule has 1 fully saturated rings. The van der Waals surface area contributed by atoms with Crippen LogP contribution >= 0.6 is 0 Å². The van der Waals surface area contributed by atoms with E-state index in [-0.39, 0.29) is 18.1 Å². The van der Waals surface area contributed by atoms with E-state index in [2.05, 4.69) is 10.6 Å². The van der Waals surface area contributed by atoms with Gasteiger partial charge in [0.1, 0.15) is 18.4 Å². The molecule has 2 N–H and O–H groups in total. The molecule has 0 spiro atoms. The number of rotatable bonds is 8. The fraction of sp³-hybridized carbons (Fsp3) is 0.381. The maximum atomic E-state index is 12.4. The quantitative estimate of drug-likeness (QED) is 0.699. The summed E-state index contributed by atoms with van der Waals surface area (Å²) < 4.78 is 16.8. The van der Waals surface area contributed by atoms with Gasteiger partial charge in [0.2, 0.25) is 5.91 Å². The van der Waals surface area contributed by atoms with Gasteiger partial charge in [-0.15, -0.1) is 0 Å². The second-order valence-electron chi connectivity index (χ2n) is 6.41. The molecule has 0 saturated carbocycles. The molecule has 6 heteroatoms. The van der Waals surface area contributed by atoms with Gasteiger partial charge in [-0.25, -0.2) is 0 Å². The van der Waals surface area contributed by atoms with Crippen molar-refractivity contribution in [2.45, 2.75) is 25.7 Å². The van der Waals surface area contributed by atoms with E-state index >= 15 is 0 Å². The van der Waals surface area contributed by atoms with Gasteiger partial charge in [-0.1, -0.05) is 30.3 Å². The van der Waals surface area contributed by atoms with Crippen molar-refractivity contribution >= 4 is 11.6 Å². The molecule has 3 rings (SSSR count). The number of morpholine rings is 1. The second-order valence-corrected chi connectivity index (χ2v) is 6.41. The van der Waals surface area contributed by atoms with Gasteiger partial charge < -0.3 is 24.8 Å². The van der Waals surface area contributed by atoms with Crippen molar-refractivity contribution in [3.63, 3.8) is 0 Å². The highest BCUT2D eigenvalue weighted by Crippen LogP contribution is 2.14. The van der Waals surface area contributed by atoms with Crippen LogP contribution in [0, 0.1) is 0 Å². The van der Waals surface area contributed by atoms with Crippen LogP contribution in [0.1, 0.15) is 12.5 Å². The Morgan fingerprint density at radius 1 is 1.19 bits per heavy atom. The normalized spacial score (nSPS) is 19.4. The maximum Gasteiger partial charge on any atom is 0.244 e. The van der Waals surface area contributed by atoms with Crippen LogP contribution in [0.4, 0.5) is 5.69 Å². The zero-order valence-corrected chi connectivity index (χ0v) is 15.5. The summed E-state index contributed by atoms with van der Waals surface area (Å²) in [6.45, 7) is 4.66. The Labute approximate surface area is 159 Å². The van der Waals surface area contributed by atoms with E-state index in [9.17, 15) is 4.79 Å². The largest absolute Gasteiger partial charge is 0.491 e. The molecule has 1 saturated heterocycles. The monoisotopic (exact) mass is 370 g/mol. The van der Waals surface area contributed by atoms with Crippen LogP contribution in [-0.2, 0) is 20.9 Å². The molecular formula is C21H26N2O4. The number of hydrogen-bond acceptors (Lipinski definition) is 5. The van der Waals surface area contributed by atoms with E-state index in [1.165, 1.54) is 0 Å². The van der Waals surface area contributed by atoms with Gasteiger partial charge in [-0.05, 0) is 36.8 Å². The van der Waals surface area contributed by atoms with Crippen LogP contribution < -0.4 is 15.4 Å². The Morgan fingerprint density at radius 2 is 2.04 bits per heavy atom. The highest BCUT2D eigenvalue weighted by atomic mass is 16.5. The van der Waals surface area contributed by atoms with Gasteiger partial charge in [-0.2, -0.15) is 0 Å². The maximum absolute atomic E-state index is 12.4. The number of ether oxygens (including phenoxy) is 3. The molecule has 0 aromatic heterocycles. The van der Waals surface area contributed by atoms with Crippen molar-refractivity contribution in [3.05, 3.63) is 60.2 Å². The topological polar surface area (TPSA) is 68.8 Å². The summed E-state index contributed by atoms with van der Waals surface area (Å²) in [6, 6.07) is 17.0. The van der Waals surface area contributed by atoms with Crippen molar-refractivity contribution in [3.8, 4) is 5.75 Å². The minimum atomic E-state index is -0.339. The number of anilines is 1. The van der Waals surface area contributed by atoms with Crippen LogP contribution in [-0.4, -0.2) is 44.4 Å². The molecule has 1 aliphatic rings. The van der Waals surface area contributed by atoms with Crippen LogP contribution in [0.5, 0.6) is 5.75 Å². The number of nitrogens with one attached hydrogen (secondary N) is 2. The highest BCUT2D eigenvalue weighted by molar-refractivity contribution is 5.95. The van der Waals surface area contributed by atoms with E-state index in [1.807, 2.05) is 61.5 Å². The highest BCUT2D eigenvalue weighted by Gasteiger charge is 2.28. The SMILES string of the molecule is C[C@H]1OCCN[C@@H]1C(=O)Nc1cccc(COCCOc2ccccc2)c1. The third kappa shape index (κ3) is 6.06. The van der Waals surface area contributed by atoms with Crippen LogP contribution in [0.2, 0.25) is 0 Å². The van der Waals surface area contributed by atoms with Crippen molar-refractivity contribution in [2.75, 3.05) is 31.7 Å². The van der Waals surface area contributed by atoms with E-state index in [4.69, 9.17) is 14.2 Å². The van der Waals surface area contributed by atoms with Gasteiger partial charge in [0.25, 0.3) is 0 Å². The lowest BCUT2D eigenvalue weighted by molar-refractivity contribution is -0.123. The second kappa shape index (κ2) is 10.1. The summed E-state index contributed by atoms with van der Waals surface area (Å²) in [4.78, 5) is 12.4. The number of carbonyl (C=O) groups is 1. The zero-order chi connectivity index (χ0) is 18.9. The van der Waals surface area contributed by atoms with Crippen molar-refractivity contribution < 1.29 is 19.0 Å². The summed E-state index contributed by atoms with van der Waals surface area (Å²) in [6.07, 6.45) is -0.144. The first kappa shape index (κ1) is 19.4. The van der Waals surface area contributed by atoms with Gasteiger partial charge >= 0.3 is 0 Å².